The van der Waals surface area contributed by atoms with Crippen molar-refractivity contribution in [1.29, 1.82) is 0 Å². The minimum Gasteiger partial charge on any atom is -0.495 e. The van der Waals surface area contributed by atoms with E-state index in [1.165, 1.54) is 11.8 Å². The first-order valence-corrected chi connectivity index (χ1v) is 7.68. The molecule has 2 aromatic rings. The number of hydrazine groups is 1. The highest BCUT2D eigenvalue weighted by Crippen LogP contribution is 2.31. The molecule has 1 heterocycles. The number of nitrogens with two attached hydrogens (primary N) is 1. The fourth-order valence-electron chi connectivity index (χ4n) is 1.57. The summed E-state index contributed by atoms with van der Waals surface area (Å²) in [6.07, 6.45) is 1.90. The van der Waals surface area contributed by atoms with Gasteiger partial charge >= 0.3 is 0 Å². The van der Waals surface area contributed by atoms with E-state index in [2.05, 4.69) is 36.6 Å². The Morgan fingerprint density at radius 2 is 2.00 bits per heavy atom. The SMILES string of the molecule is COc1ccc(Br)cc1Nc1cc(NN)nc(SC)n1. The Morgan fingerprint density at radius 3 is 2.65 bits per heavy atom. The van der Waals surface area contributed by atoms with E-state index in [9.17, 15) is 0 Å². The van der Waals surface area contributed by atoms with Crippen LogP contribution in [0.15, 0.2) is 33.9 Å². The summed E-state index contributed by atoms with van der Waals surface area (Å²) in [5, 5.41) is 3.82. The van der Waals surface area contributed by atoms with Crippen LogP contribution in [0.2, 0.25) is 0 Å². The van der Waals surface area contributed by atoms with Crippen molar-refractivity contribution in [2.75, 3.05) is 24.1 Å². The second-order valence-electron chi connectivity index (χ2n) is 3.74. The van der Waals surface area contributed by atoms with Gasteiger partial charge in [-0.2, -0.15) is 0 Å². The van der Waals surface area contributed by atoms with Crippen LogP contribution in [-0.2, 0) is 0 Å². The number of aromatic nitrogens is 2. The van der Waals surface area contributed by atoms with Crippen LogP contribution in [-0.4, -0.2) is 23.3 Å². The lowest BCUT2D eigenvalue weighted by molar-refractivity contribution is 0.416. The number of nitrogen functional groups attached to an aromatic ring is 1. The highest BCUT2D eigenvalue weighted by atomic mass is 79.9. The van der Waals surface area contributed by atoms with Gasteiger partial charge in [-0.3, -0.25) is 0 Å². The predicted molar refractivity (Wildman–Crippen MR) is 85.6 cm³/mol. The summed E-state index contributed by atoms with van der Waals surface area (Å²) < 4.78 is 6.26. The molecule has 4 N–H and O–H groups in total. The zero-order valence-electron chi connectivity index (χ0n) is 11.0. The van der Waals surface area contributed by atoms with E-state index in [-0.39, 0.29) is 0 Å². The minimum atomic E-state index is 0.542. The number of rotatable bonds is 5. The third-order valence-electron chi connectivity index (χ3n) is 2.46. The maximum absolute atomic E-state index is 5.41. The second-order valence-corrected chi connectivity index (χ2v) is 5.43. The third kappa shape index (κ3) is 3.53. The van der Waals surface area contributed by atoms with Crippen LogP contribution in [0, 0.1) is 0 Å². The van der Waals surface area contributed by atoms with Gasteiger partial charge < -0.3 is 15.5 Å². The maximum atomic E-state index is 5.41. The topological polar surface area (TPSA) is 85.1 Å². The van der Waals surface area contributed by atoms with Crippen LogP contribution >= 0.6 is 27.7 Å². The zero-order valence-corrected chi connectivity index (χ0v) is 13.4. The lowest BCUT2D eigenvalue weighted by Crippen LogP contribution is -2.10. The number of anilines is 3. The summed E-state index contributed by atoms with van der Waals surface area (Å²) in [6.45, 7) is 0. The van der Waals surface area contributed by atoms with Crippen molar-refractivity contribution in [3.8, 4) is 5.75 Å². The summed E-state index contributed by atoms with van der Waals surface area (Å²) in [5.74, 6) is 7.30. The molecule has 6 nitrogen and oxygen atoms in total. The third-order valence-corrected chi connectivity index (χ3v) is 3.50. The van der Waals surface area contributed by atoms with Gasteiger partial charge in [0.25, 0.3) is 0 Å². The van der Waals surface area contributed by atoms with E-state index < -0.39 is 0 Å². The Morgan fingerprint density at radius 1 is 1.25 bits per heavy atom. The Bertz CT molecular complexity index is 588. The first-order valence-electron chi connectivity index (χ1n) is 5.66. The van der Waals surface area contributed by atoms with Crippen LogP contribution in [0.3, 0.4) is 0 Å². The van der Waals surface area contributed by atoms with Gasteiger partial charge in [-0.15, -0.1) is 0 Å². The van der Waals surface area contributed by atoms with Gasteiger partial charge in [-0.05, 0) is 24.5 Å². The fourth-order valence-corrected chi connectivity index (χ4v) is 2.31. The highest BCUT2D eigenvalue weighted by molar-refractivity contribution is 9.10. The molecule has 0 aliphatic carbocycles. The molecule has 0 amide bonds. The molecule has 0 spiro atoms. The van der Waals surface area contributed by atoms with Crippen molar-refractivity contribution in [1.82, 2.24) is 9.97 Å². The number of halogens is 1. The molecule has 0 bridgehead atoms. The number of ether oxygens (including phenoxy) is 1. The monoisotopic (exact) mass is 355 g/mol. The largest absolute Gasteiger partial charge is 0.495 e. The van der Waals surface area contributed by atoms with E-state index in [1.54, 1.807) is 13.2 Å². The summed E-state index contributed by atoms with van der Waals surface area (Å²) in [5.41, 5.74) is 3.32. The molecule has 0 unspecified atom stereocenters. The quantitative estimate of drug-likeness (QED) is 0.329. The van der Waals surface area contributed by atoms with Gasteiger partial charge in [-0.1, -0.05) is 27.7 Å². The number of hydrogen-bond donors (Lipinski definition) is 3. The number of benzene rings is 1. The van der Waals surface area contributed by atoms with Gasteiger partial charge in [0.2, 0.25) is 0 Å². The second kappa shape index (κ2) is 6.78. The van der Waals surface area contributed by atoms with Crippen molar-refractivity contribution < 1.29 is 4.74 Å². The number of nitrogens with one attached hydrogen (secondary N) is 2. The van der Waals surface area contributed by atoms with E-state index in [0.717, 1.165) is 15.9 Å². The summed E-state index contributed by atoms with van der Waals surface area (Å²) >= 11 is 4.87. The van der Waals surface area contributed by atoms with Crippen molar-refractivity contribution in [3.63, 3.8) is 0 Å². The standard InChI is InChI=1S/C12H14BrN5OS/c1-19-9-4-3-7(13)5-8(9)15-10-6-11(18-14)17-12(16-10)20-2/h3-6H,14H2,1-2H3,(H2,15,16,17,18). The lowest BCUT2D eigenvalue weighted by Gasteiger charge is -2.12. The molecule has 2 rings (SSSR count). The average molecular weight is 356 g/mol. The Hall–Kier alpha value is -1.51. The molecule has 0 saturated heterocycles. The first-order chi connectivity index (χ1) is 9.66. The van der Waals surface area contributed by atoms with Crippen LogP contribution in [0.1, 0.15) is 0 Å². The minimum absolute atomic E-state index is 0.542. The average Bonchev–Trinajstić information content (AvgIpc) is 2.47. The predicted octanol–water partition coefficient (Wildman–Crippen LogP) is 3.00. The summed E-state index contributed by atoms with van der Waals surface area (Å²) in [7, 11) is 1.62. The number of thioether (sulfide) groups is 1. The summed E-state index contributed by atoms with van der Waals surface area (Å²) in [6, 6.07) is 7.41. The zero-order chi connectivity index (χ0) is 14.5. The number of methoxy groups -OCH3 is 1. The van der Waals surface area contributed by atoms with E-state index >= 15 is 0 Å². The lowest BCUT2D eigenvalue weighted by atomic mass is 10.3. The molecule has 0 saturated carbocycles. The molecule has 8 heteroatoms. The van der Waals surface area contributed by atoms with Crippen LogP contribution in [0.5, 0.6) is 5.75 Å². The van der Waals surface area contributed by atoms with Crippen LogP contribution < -0.4 is 21.3 Å². The molecule has 0 radical (unpaired) electrons. The molecule has 0 aliphatic heterocycles. The Labute approximate surface area is 129 Å². The van der Waals surface area contributed by atoms with Crippen molar-refractivity contribution in [3.05, 3.63) is 28.7 Å². The Kier molecular flexibility index (Phi) is 5.05. The molecule has 1 aromatic carbocycles. The van der Waals surface area contributed by atoms with Crippen LogP contribution in [0.25, 0.3) is 0 Å². The number of nitrogens with zero attached hydrogens (tertiary/aromatic N) is 2. The molecular weight excluding hydrogens is 342 g/mol. The first kappa shape index (κ1) is 14.9. The normalized spacial score (nSPS) is 10.2. The molecule has 0 fully saturated rings. The number of hydrogen-bond acceptors (Lipinski definition) is 7. The molecule has 0 atom stereocenters. The van der Waals surface area contributed by atoms with Gasteiger partial charge in [0.15, 0.2) is 5.16 Å². The van der Waals surface area contributed by atoms with Crippen molar-refractivity contribution >= 4 is 45.0 Å². The maximum Gasteiger partial charge on any atom is 0.191 e. The Balaban J connectivity index is 2.36. The van der Waals surface area contributed by atoms with Crippen molar-refractivity contribution in [2.24, 2.45) is 5.84 Å². The van der Waals surface area contributed by atoms with Crippen molar-refractivity contribution in [2.45, 2.75) is 5.16 Å². The van der Waals surface area contributed by atoms with Gasteiger partial charge in [0.1, 0.15) is 17.4 Å². The van der Waals surface area contributed by atoms with Crippen LogP contribution in [0.4, 0.5) is 17.3 Å². The van der Waals surface area contributed by atoms with Gasteiger partial charge in [0.05, 0.1) is 12.8 Å². The highest BCUT2D eigenvalue weighted by Gasteiger charge is 2.08. The van der Waals surface area contributed by atoms with E-state index in [1.807, 2.05) is 24.5 Å². The molecule has 106 valence electrons. The summed E-state index contributed by atoms with van der Waals surface area (Å²) in [4.78, 5) is 8.58. The van der Waals surface area contributed by atoms with Gasteiger partial charge in [0, 0.05) is 10.5 Å². The molecule has 20 heavy (non-hydrogen) atoms. The molecular formula is C12H14BrN5OS. The smallest absolute Gasteiger partial charge is 0.191 e. The van der Waals surface area contributed by atoms with Gasteiger partial charge in [-0.25, -0.2) is 15.8 Å². The molecule has 0 aliphatic rings. The van der Waals surface area contributed by atoms with E-state index in [0.29, 0.717) is 16.8 Å². The fraction of sp³-hybridized carbons (Fsp3) is 0.167. The molecule has 1 aromatic heterocycles. The van der Waals surface area contributed by atoms with E-state index in [4.69, 9.17) is 10.6 Å².